The van der Waals surface area contributed by atoms with E-state index in [0.717, 1.165) is 0 Å². The fourth-order valence-corrected chi connectivity index (χ4v) is 3.85. The van der Waals surface area contributed by atoms with Crippen LogP contribution in [0.15, 0.2) is 36.4 Å². The van der Waals surface area contributed by atoms with Crippen LogP contribution in [-0.2, 0) is 20.9 Å². The molecule has 1 aliphatic heterocycles. The second-order valence-electron chi connectivity index (χ2n) is 7.66. The predicted octanol–water partition coefficient (Wildman–Crippen LogP) is 2.81. The second-order valence-corrected chi connectivity index (χ2v) is 7.66. The molecule has 0 spiro atoms. The summed E-state index contributed by atoms with van der Waals surface area (Å²) in [5.74, 6) is -1.95. The maximum Gasteiger partial charge on any atom is 0.243 e. The third-order valence-corrected chi connectivity index (χ3v) is 5.26. The standard InChI is InChI=1S/C21H25FN2O3/c1-13(2)11-18(19(25)23-12-14-7-3-6-10-17(14)22)24-20(26)15-8-4-5-9-16(15)21(24)27/h3-7,10,13,15-16,18H,8-9,11-12H2,1-2H3,(H,23,25)/t15-,16+,18-/m0/s1. The van der Waals surface area contributed by atoms with E-state index in [1.807, 2.05) is 26.0 Å². The molecule has 2 aliphatic rings. The lowest BCUT2D eigenvalue weighted by molar-refractivity contribution is -0.148. The average Bonchev–Trinajstić information content (AvgIpc) is 2.90. The summed E-state index contributed by atoms with van der Waals surface area (Å²) in [6, 6.07) is 5.35. The molecule has 0 unspecified atom stereocenters. The fourth-order valence-electron chi connectivity index (χ4n) is 3.85. The molecule has 0 bridgehead atoms. The van der Waals surface area contributed by atoms with Gasteiger partial charge in [-0.1, -0.05) is 44.2 Å². The van der Waals surface area contributed by atoms with Crippen LogP contribution in [0, 0.1) is 23.6 Å². The van der Waals surface area contributed by atoms with Crippen LogP contribution in [0.3, 0.4) is 0 Å². The largest absolute Gasteiger partial charge is 0.350 e. The Balaban J connectivity index is 1.77. The Kier molecular flexibility index (Phi) is 5.73. The number of halogens is 1. The van der Waals surface area contributed by atoms with Crippen molar-refractivity contribution in [2.24, 2.45) is 17.8 Å². The van der Waals surface area contributed by atoms with E-state index in [1.54, 1.807) is 18.2 Å². The first-order valence-corrected chi connectivity index (χ1v) is 9.43. The summed E-state index contributed by atoms with van der Waals surface area (Å²) in [6.45, 7) is 3.90. The number of hydrogen-bond acceptors (Lipinski definition) is 3. The van der Waals surface area contributed by atoms with E-state index in [-0.39, 0.29) is 36.1 Å². The molecule has 5 nitrogen and oxygen atoms in total. The molecule has 1 aliphatic carbocycles. The van der Waals surface area contributed by atoms with E-state index in [2.05, 4.69) is 5.32 Å². The Bertz CT molecular complexity index is 748. The predicted molar refractivity (Wildman–Crippen MR) is 98.7 cm³/mol. The zero-order chi connectivity index (χ0) is 19.6. The maximum absolute atomic E-state index is 13.8. The minimum Gasteiger partial charge on any atom is -0.350 e. The van der Waals surface area contributed by atoms with E-state index < -0.39 is 17.8 Å². The van der Waals surface area contributed by atoms with Gasteiger partial charge in [-0.15, -0.1) is 0 Å². The summed E-state index contributed by atoms with van der Waals surface area (Å²) in [4.78, 5) is 39.7. The van der Waals surface area contributed by atoms with Gasteiger partial charge in [-0.2, -0.15) is 0 Å². The molecular weight excluding hydrogens is 347 g/mol. The molecule has 6 heteroatoms. The van der Waals surface area contributed by atoms with Crippen molar-refractivity contribution in [2.45, 2.75) is 45.7 Å². The van der Waals surface area contributed by atoms with Gasteiger partial charge in [-0.3, -0.25) is 19.3 Å². The Morgan fingerprint density at radius 3 is 2.30 bits per heavy atom. The van der Waals surface area contributed by atoms with Crippen LogP contribution < -0.4 is 5.32 Å². The van der Waals surface area contributed by atoms with Crippen LogP contribution in [-0.4, -0.2) is 28.7 Å². The van der Waals surface area contributed by atoms with Crippen LogP contribution in [0.2, 0.25) is 0 Å². The van der Waals surface area contributed by atoms with E-state index in [4.69, 9.17) is 0 Å². The minimum absolute atomic E-state index is 0.0186. The Morgan fingerprint density at radius 1 is 1.15 bits per heavy atom. The number of amides is 3. The highest BCUT2D eigenvalue weighted by Crippen LogP contribution is 2.37. The summed E-state index contributed by atoms with van der Waals surface area (Å²) in [5.41, 5.74) is 0.367. The van der Waals surface area contributed by atoms with Gasteiger partial charge in [0.1, 0.15) is 11.9 Å². The summed E-state index contributed by atoms with van der Waals surface area (Å²) >= 11 is 0. The van der Waals surface area contributed by atoms with Crippen molar-refractivity contribution in [3.8, 4) is 0 Å². The Labute approximate surface area is 158 Å². The molecule has 1 fully saturated rings. The normalized spacial score (nSPS) is 22.9. The summed E-state index contributed by atoms with van der Waals surface area (Å²) < 4.78 is 13.8. The van der Waals surface area contributed by atoms with Gasteiger partial charge in [-0.05, 0) is 31.2 Å². The van der Waals surface area contributed by atoms with Gasteiger partial charge in [0.15, 0.2) is 0 Å². The Hall–Kier alpha value is -2.50. The first-order chi connectivity index (χ1) is 12.9. The number of hydrogen-bond donors (Lipinski definition) is 1. The molecule has 1 aromatic rings. The monoisotopic (exact) mass is 372 g/mol. The molecule has 3 atom stereocenters. The van der Waals surface area contributed by atoms with Gasteiger partial charge in [0.05, 0.1) is 11.8 Å². The smallest absolute Gasteiger partial charge is 0.243 e. The third kappa shape index (κ3) is 3.94. The molecule has 1 N–H and O–H groups in total. The van der Waals surface area contributed by atoms with Crippen molar-refractivity contribution >= 4 is 17.7 Å². The zero-order valence-electron chi connectivity index (χ0n) is 15.7. The molecule has 0 saturated carbocycles. The van der Waals surface area contributed by atoms with E-state index in [1.165, 1.54) is 11.0 Å². The SMILES string of the molecule is CC(C)C[C@@H](C(=O)NCc1ccccc1F)N1C(=O)[C@H]2CC=CC[C@H]2C1=O. The van der Waals surface area contributed by atoms with E-state index in [9.17, 15) is 18.8 Å². The summed E-state index contributed by atoms with van der Waals surface area (Å²) in [7, 11) is 0. The first-order valence-electron chi connectivity index (χ1n) is 9.43. The number of nitrogens with one attached hydrogen (secondary N) is 1. The van der Waals surface area contributed by atoms with Crippen molar-refractivity contribution in [3.05, 3.63) is 47.8 Å². The Morgan fingerprint density at radius 2 is 1.74 bits per heavy atom. The van der Waals surface area contributed by atoms with Crippen molar-refractivity contribution in [1.29, 1.82) is 0 Å². The number of fused-ring (bicyclic) bond motifs is 1. The van der Waals surface area contributed by atoms with Crippen molar-refractivity contribution in [1.82, 2.24) is 10.2 Å². The average molecular weight is 372 g/mol. The van der Waals surface area contributed by atoms with Gasteiger partial charge < -0.3 is 5.32 Å². The number of nitrogens with zero attached hydrogens (tertiary/aromatic N) is 1. The number of imide groups is 1. The van der Waals surface area contributed by atoms with Crippen LogP contribution in [0.1, 0.15) is 38.7 Å². The van der Waals surface area contributed by atoms with E-state index in [0.29, 0.717) is 24.8 Å². The number of allylic oxidation sites excluding steroid dienone is 2. The van der Waals surface area contributed by atoms with Gasteiger partial charge in [0.25, 0.3) is 0 Å². The van der Waals surface area contributed by atoms with Crippen LogP contribution in [0.25, 0.3) is 0 Å². The number of benzene rings is 1. The van der Waals surface area contributed by atoms with Crippen molar-refractivity contribution in [2.75, 3.05) is 0 Å². The highest BCUT2D eigenvalue weighted by molar-refractivity contribution is 6.08. The fraction of sp³-hybridized carbons (Fsp3) is 0.476. The van der Waals surface area contributed by atoms with Gasteiger partial charge in [0.2, 0.25) is 17.7 Å². The summed E-state index contributed by atoms with van der Waals surface area (Å²) in [5, 5.41) is 2.70. The minimum atomic E-state index is -0.859. The summed E-state index contributed by atoms with van der Waals surface area (Å²) in [6.07, 6.45) is 5.30. The number of carbonyl (C=O) groups is 3. The topological polar surface area (TPSA) is 66.5 Å². The maximum atomic E-state index is 13.8. The molecule has 144 valence electrons. The lowest BCUT2D eigenvalue weighted by atomic mass is 9.85. The van der Waals surface area contributed by atoms with Gasteiger partial charge in [-0.25, -0.2) is 4.39 Å². The quantitative estimate of drug-likeness (QED) is 0.617. The first kappa shape index (κ1) is 19.3. The van der Waals surface area contributed by atoms with Crippen molar-refractivity contribution < 1.29 is 18.8 Å². The van der Waals surface area contributed by atoms with Gasteiger partial charge >= 0.3 is 0 Å². The third-order valence-electron chi connectivity index (χ3n) is 5.26. The van der Waals surface area contributed by atoms with Crippen LogP contribution in [0.5, 0.6) is 0 Å². The molecule has 3 amide bonds. The van der Waals surface area contributed by atoms with Crippen molar-refractivity contribution in [3.63, 3.8) is 0 Å². The highest BCUT2D eigenvalue weighted by Gasteiger charge is 2.51. The molecule has 1 aromatic carbocycles. The van der Waals surface area contributed by atoms with Crippen LogP contribution in [0.4, 0.5) is 4.39 Å². The molecule has 0 radical (unpaired) electrons. The molecular formula is C21H25FN2O3. The lowest BCUT2D eigenvalue weighted by Crippen LogP contribution is -2.50. The molecule has 1 heterocycles. The molecule has 27 heavy (non-hydrogen) atoms. The lowest BCUT2D eigenvalue weighted by Gasteiger charge is -2.27. The molecule has 1 saturated heterocycles. The zero-order valence-corrected chi connectivity index (χ0v) is 15.7. The van der Waals surface area contributed by atoms with Gasteiger partial charge in [0, 0.05) is 12.1 Å². The highest BCUT2D eigenvalue weighted by atomic mass is 19.1. The number of likely N-dealkylation sites (tertiary alicyclic amines) is 1. The molecule has 0 aromatic heterocycles. The second kappa shape index (κ2) is 8.03. The number of carbonyl (C=O) groups excluding carboxylic acids is 3. The van der Waals surface area contributed by atoms with Crippen LogP contribution >= 0.6 is 0 Å². The number of rotatable bonds is 6. The molecule has 3 rings (SSSR count). The van der Waals surface area contributed by atoms with E-state index >= 15 is 0 Å².